The first-order chi connectivity index (χ1) is 16.7. The quantitative estimate of drug-likeness (QED) is 0.402. The van der Waals surface area contributed by atoms with Crippen LogP contribution in [0.2, 0.25) is 5.02 Å². The van der Waals surface area contributed by atoms with E-state index in [1.54, 1.807) is 29.2 Å². The van der Waals surface area contributed by atoms with Gasteiger partial charge in [0.15, 0.2) is 0 Å². The number of nitrogens with zero attached hydrogens (tertiary/aromatic N) is 2. The van der Waals surface area contributed by atoms with Crippen LogP contribution in [-0.4, -0.2) is 57.1 Å². The van der Waals surface area contributed by atoms with Crippen molar-refractivity contribution >= 4 is 39.1 Å². The molecule has 7 nitrogen and oxygen atoms in total. The number of benzene rings is 2. The van der Waals surface area contributed by atoms with Crippen LogP contribution in [0, 0.1) is 0 Å². The first kappa shape index (κ1) is 28.7. The molecule has 1 unspecified atom stereocenters. The zero-order chi connectivity index (χ0) is 25.8. The molecule has 1 atom stereocenters. The highest BCUT2D eigenvalue weighted by molar-refractivity contribution is 7.92. The van der Waals surface area contributed by atoms with Gasteiger partial charge in [-0.15, -0.1) is 0 Å². The Morgan fingerprint density at radius 3 is 2.23 bits per heavy atom. The molecule has 35 heavy (non-hydrogen) atoms. The van der Waals surface area contributed by atoms with Gasteiger partial charge in [0.05, 0.1) is 11.9 Å². The number of halogens is 1. The Kier molecular flexibility index (Phi) is 11.5. The van der Waals surface area contributed by atoms with Crippen LogP contribution >= 0.6 is 11.6 Å². The van der Waals surface area contributed by atoms with Crippen molar-refractivity contribution in [3.05, 3.63) is 65.2 Å². The topological polar surface area (TPSA) is 86.8 Å². The number of amides is 2. The van der Waals surface area contributed by atoms with Crippen LogP contribution in [-0.2, 0) is 26.0 Å². The molecular weight excluding hydrogens is 486 g/mol. The maximum absolute atomic E-state index is 13.3. The predicted octanol–water partition coefficient (Wildman–Crippen LogP) is 4.26. The van der Waals surface area contributed by atoms with Crippen LogP contribution < -0.4 is 9.62 Å². The number of carbonyl (C=O) groups is 2. The largest absolute Gasteiger partial charge is 0.354 e. The number of carbonyl (C=O) groups excluding carboxylic acids is 2. The molecule has 0 aromatic heterocycles. The third-order valence-corrected chi connectivity index (χ3v) is 7.13. The molecule has 2 aromatic rings. The second kappa shape index (κ2) is 14.1. The first-order valence-corrected chi connectivity index (χ1v) is 14.2. The van der Waals surface area contributed by atoms with Crippen molar-refractivity contribution in [3.63, 3.8) is 0 Å². The van der Waals surface area contributed by atoms with E-state index in [2.05, 4.69) is 5.32 Å². The van der Waals surface area contributed by atoms with Crippen molar-refractivity contribution in [1.29, 1.82) is 0 Å². The molecule has 0 heterocycles. The van der Waals surface area contributed by atoms with E-state index in [1.165, 1.54) is 4.31 Å². The van der Waals surface area contributed by atoms with E-state index < -0.39 is 16.1 Å². The van der Waals surface area contributed by atoms with Gasteiger partial charge in [-0.3, -0.25) is 13.9 Å². The third kappa shape index (κ3) is 9.18. The Hall–Kier alpha value is -2.58. The predicted molar refractivity (Wildman–Crippen MR) is 142 cm³/mol. The molecule has 0 aliphatic heterocycles. The van der Waals surface area contributed by atoms with Gasteiger partial charge in [-0.05, 0) is 55.5 Å². The SMILES string of the molecule is CCCNC(=O)C(CC)N(CCc1ccccc1)C(=O)CCCN(c1ccc(Cl)cc1)S(C)(=O)=O. The van der Waals surface area contributed by atoms with E-state index in [4.69, 9.17) is 11.6 Å². The lowest BCUT2D eigenvalue weighted by Gasteiger charge is -2.31. The van der Waals surface area contributed by atoms with Crippen LogP contribution in [0.5, 0.6) is 0 Å². The van der Waals surface area contributed by atoms with Gasteiger partial charge in [0.25, 0.3) is 0 Å². The lowest BCUT2D eigenvalue weighted by molar-refractivity contribution is -0.140. The van der Waals surface area contributed by atoms with E-state index in [0.29, 0.717) is 43.1 Å². The Morgan fingerprint density at radius 1 is 1.00 bits per heavy atom. The molecular formula is C26H36ClN3O4S. The Labute approximate surface area is 214 Å². The molecule has 0 fully saturated rings. The molecule has 0 bridgehead atoms. The number of hydrogen-bond acceptors (Lipinski definition) is 4. The molecule has 2 rings (SSSR count). The van der Waals surface area contributed by atoms with E-state index in [1.807, 2.05) is 44.2 Å². The molecule has 0 saturated heterocycles. The summed E-state index contributed by atoms with van der Waals surface area (Å²) in [5, 5.41) is 3.42. The van der Waals surface area contributed by atoms with Crippen molar-refractivity contribution in [1.82, 2.24) is 10.2 Å². The molecule has 0 aliphatic carbocycles. The minimum atomic E-state index is -3.54. The zero-order valence-corrected chi connectivity index (χ0v) is 22.3. The molecule has 192 valence electrons. The Balaban J connectivity index is 2.13. The van der Waals surface area contributed by atoms with Crippen molar-refractivity contribution < 1.29 is 18.0 Å². The van der Waals surface area contributed by atoms with Crippen LogP contribution in [0.15, 0.2) is 54.6 Å². The van der Waals surface area contributed by atoms with E-state index in [0.717, 1.165) is 18.2 Å². The van der Waals surface area contributed by atoms with Crippen molar-refractivity contribution in [3.8, 4) is 0 Å². The summed E-state index contributed by atoms with van der Waals surface area (Å²) < 4.78 is 26.0. The average molecular weight is 522 g/mol. The van der Waals surface area contributed by atoms with Gasteiger partial charge in [-0.1, -0.05) is 55.8 Å². The normalized spacial score (nSPS) is 12.1. The number of nitrogens with one attached hydrogen (secondary N) is 1. The summed E-state index contributed by atoms with van der Waals surface area (Å²) in [7, 11) is -3.54. The van der Waals surface area contributed by atoms with E-state index >= 15 is 0 Å². The summed E-state index contributed by atoms with van der Waals surface area (Å²) >= 11 is 5.94. The fraction of sp³-hybridized carbons (Fsp3) is 0.462. The van der Waals surface area contributed by atoms with Gasteiger partial charge in [0.2, 0.25) is 21.8 Å². The van der Waals surface area contributed by atoms with Crippen LogP contribution in [0.1, 0.15) is 45.1 Å². The van der Waals surface area contributed by atoms with Crippen molar-refractivity contribution in [2.75, 3.05) is 30.2 Å². The maximum Gasteiger partial charge on any atom is 0.242 e. The standard InChI is InChI=1S/C26H36ClN3O4S/c1-4-18-28-26(32)24(5-2)29(20-17-21-10-7-6-8-11-21)25(31)12-9-19-30(35(3,33)34)23-15-13-22(27)14-16-23/h6-8,10-11,13-16,24H,4-5,9,12,17-20H2,1-3H3,(H,28,32). The lowest BCUT2D eigenvalue weighted by Crippen LogP contribution is -2.50. The fourth-order valence-corrected chi connectivity index (χ4v) is 4.96. The summed E-state index contributed by atoms with van der Waals surface area (Å²) in [6, 6.07) is 15.8. The molecule has 1 N–H and O–H groups in total. The van der Waals surface area contributed by atoms with Gasteiger partial charge in [-0.2, -0.15) is 0 Å². The van der Waals surface area contributed by atoms with Gasteiger partial charge in [0.1, 0.15) is 6.04 Å². The minimum absolute atomic E-state index is 0.131. The summed E-state index contributed by atoms with van der Waals surface area (Å²) in [4.78, 5) is 27.8. The highest BCUT2D eigenvalue weighted by Crippen LogP contribution is 2.21. The van der Waals surface area contributed by atoms with E-state index in [-0.39, 0.29) is 24.8 Å². The molecule has 0 radical (unpaired) electrons. The summed E-state index contributed by atoms with van der Waals surface area (Å²) in [5.41, 5.74) is 1.58. The van der Waals surface area contributed by atoms with E-state index in [9.17, 15) is 18.0 Å². The van der Waals surface area contributed by atoms with Gasteiger partial charge in [-0.25, -0.2) is 8.42 Å². The lowest BCUT2D eigenvalue weighted by atomic mass is 10.1. The molecule has 9 heteroatoms. The first-order valence-electron chi connectivity index (χ1n) is 12.0. The molecule has 2 amide bonds. The Morgan fingerprint density at radius 2 is 1.66 bits per heavy atom. The third-order valence-electron chi connectivity index (χ3n) is 5.69. The summed E-state index contributed by atoms with van der Waals surface area (Å²) in [6.07, 6.45) is 3.53. The van der Waals surface area contributed by atoms with Gasteiger partial charge in [0, 0.05) is 31.1 Å². The fourth-order valence-electron chi connectivity index (χ4n) is 3.87. The summed E-state index contributed by atoms with van der Waals surface area (Å²) in [6.45, 7) is 4.99. The molecule has 0 aliphatic rings. The van der Waals surface area contributed by atoms with Crippen molar-refractivity contribution in [2.24, 2.45) is 0 Å². The van der Waals surface area contributed by atoms with Crippen LogP contribution in [0.3, 0.4) is 0 Å². The van der Waals surface area contributed by atoms with Gasteiger partial charge < -0.3 is 10.2 Å². The zero-order valence-electron chi connectivity index (χ0n) is 20.7. The van der Waals surface area contributed by atoms with Crippen LogP contribution in [0.4, 0.5) is 5.69 Å². The molecule has 0 saturated carbocycles. The monoisotopic (exact) mass is 521 g/mol. The maximum atomic E-state index is 13.3. The number of rotatable bonds is 14. The second-order valence-corrected chi connectivity index (χ2v) is 10.8. The number of sulfonamides is 1. The van der Waals surface area contributed by atoms with Crippen LogP contribution in [0.25, 0.3) is 0 Å². The van der Waals surface area contributed by atoms with Gasteiger partial charge >= 0.3 is 0 Å². The smallest absolute Gasteiger partial charge is 0.242 e. The molecule has 0 spiro atoms. The highest BCUT2D eigenvalue weighted by Gasteiger charge is 2.28. The minimum Gasteiger partial charge on any atom is -0.354 e. The summed E-state index contributed by atoms with van der Waals surface area (Å²) in [5.74, 6) is -0.321. The average Bonchev–Trinajstić information content (AvgIpc) is 2.83. The number of anilines is 1. The number of hydrogen-bond donors (Lipinski definition) is 1. The highest BCUT2D eigenvalue weighted by atomic mass is 35.5. The second-order valence-electron chi connectivity index (χ2n) is 8.45. The van der Waals surface area contributed by atoms with Crippen molar-refractivity contribution in [2.45, 2.75) is 52.0 Å². The Bertz CT molecular complexity index is 1050. The molecule has 2 aromatic carbocycles.